The lowest BCUT2D eigenvalue weighted by molar-refractivity contribution is 0.153. The number of carboxylic acid groups (broad SMARTS) is 1. The molecule has 0 aromatic heterocycles. The number of benzene rings is 1. The lowest BCUT2D eigenvalue weighted by Gasteiger charge is -2.12. The molecule has 0 unspecified atom stereocenters. The molecule has 0 aliphatic rings. The maximum Gasteiger partial charge on any atom is 0.407 e. The summed E-state index contributed by atoms with van der Waals surface area (Å²) in [6, 6.07) is 2.94. The van der Waals surface area contributed by atoms with Crippen LogP contribution in [-0.2, 0) is 6.54 Å². The van der Waals surface area contributed by atoms with Crippen molar-refractivity contribution in [3.63, 3.8) is 0 Å². The standard InChI is InChI=1S/C9H9F2NO2/c1-12(9(13)14)5-6-2-7(10)4-8(11)3-6/h2-4H,5H2,1H3,(H,13,14). The van der Waals surface area contributed by atoms with Crippen LogP contribution in [0.3, 0.4) is 0 Å². The fourth-order valence-corrected chi connectivity index (χ4v) is 1.04. The molecule has 1 aromatic rings. The van der Waals surface area contributed by atoms with Crippen LogP contribution in [0.5, 0.6) is 0 Å². The minimum absolute atomic E-state index is 0.0377. The van der Waals surface area contributed by atoms with Crippen molar-refractivity contribution in [1.82, 2.24) is 4.90 Å². The highest BCUT2D eigenvalue weighted by atomic mass is 19.1. The Balaban J connectivity index is 2.81. The van der Waals surface area contributed by atoms with Crippen LogP contribution >= 0.6 is 0 Å². The third-order valence-electron chi connectivity index (χ3n) is 1.67. The minimum atomic E-state index is -1.14. The number of hydrogen-bond donors (Lipinski definition) is 1. The van der Waals surface area contributed by atoms with Gasteiger partial charge in [0.1, 0.15) is 11.6 Å². The van der Waals surface area contributed by atoms with E-state index in [0.717, 1.165) is 23.1 Å². The average Bonchev–Trinajstić information content (AvgIpc) is 2.01. The van der Waals surface area contributed by atoms with E-state index < -0.39 is 17.7 Å². The monoisotopic (exact) mass is 201 g/mol. The van der Waals surface area contributed by atoms with Crippen molar-refractivity contribution in [2.45, 2.75) is 6.54 Å². The lowest BCUT2D eigenvalue weighted by atomic mass is 10.2. The molecule has 0 aliphatic heterocycles. The molecule has 0 spiro atoms. The fraction of sp³-hybridized carbons (Fsp3) is 0.222. The highest BCUT2D eigenvalue weighted by molar-refractivity contribution is 5.64. The molecule has 0 saturated heterocycles. The van der Waals surface area contributed by atoms with Gasteiger partial charge in [0.25, 0.3) is 0 Å². The van der Waals surface area contributed by atoms with Crippen LogP contribution in [0, 0.1) is 11.6 Å². The summed E-state index contributed by atoms with van der Waals surface area (Å²) in [6.07, 6.45) is -1.14. The minimum Gasteiger partial charge on any atom is -0.465 e. The van der Waals surface area contributed by atoms with Gasteiger partial charge in [-0.05, 0) is 17.7 Å². The zero-order valence-electron chi connectivity index (χ0n) is 7.50. The molecular formula is C9H9F2NO2. The Morgan fingerprint density at radius 1 is 1.36 bits per heavy atom. The Labute approximate surface area is 79.6 Å². The van der Waals surface area contributed by atoms with Gasteiger partial charge in [-0.1, -0.05) is 0 Å². The molecule has 1 N–H and O–H groups in total. The lowest BCUT2D eigenvalue weighted by Crippen LogP contribution is -2.23. The van der Waals surface area contributed by atoms with Crippen LogP contribution in [0.2, 0.25) is 0 Å². The second-order valence-corrected chi connectivity index (χ2v) is 2.92. The van der Waals surface area contributed by atoms with Gasteiger partial charge in [0.15, 0.2) is 0 Å². The van der Waals surface area contributed by atoms with Crippen LogP contribution in [0.4, 0.5) is 13.6 Å². The molecule has 0 aliphatic carbocycles. The van der Waals surface area contributed by atoms with Crippen molar-refractivity contribution in [1.29, 1.82) is 0 Å². The topological polar surface area (TPSA) is 40.5 Å². The highest BCUT2D eigenvalue weighted by Crippen LogP contribution is 2.09. The van der Waals surface area contributed by atoms with Gasteiger partial charge in [0.05, 0.1) is 0 Å². The largest absolute Gasteiger partial charge is 0.465 e. The van der Waals surface area contributed by atoms with Gasteiger partial charge in [-0.3, -0.25) is 0 Å². The van der Waals surface area contributed by atoms with Crippen molar-refractivity contribution in [3.8, 4) is 0 Å². The summed E-state index contributed by atoms with van der Waals surface area (Å²) in [5, 5.41) is 8.52. The first kappa shape index (κ1) is 10.4. The molecule has 5 heteroatoms. The van der Waals surface area contributed by atoms with E-state index in [-0.39, 0.29) is 12.1 Å². The molecule has 1 aromatic carbocycles. The number of halogens is 2. The van der Waals surface area contributed by atoms with E-state index in [2.05, 4.69) is 0 Å². The average molecular weight is 201 g/mol. The van der Waals surface area contributed by atoms with Gasteiger partial charge in [-0.25, -0.2) is 13.6 Å². The zero-order chi connectivity index (χ0) is 10.7. The first-order valence-corrected chi connectivity index (χ1v) is 3.88. The van der Waals surface area contributed by atoms with Crippen molar-refractivity contribution in [3.05, 3.63) is 35.4 Å². The predicted molar refractivity (Wildman–Crippen MR) is 45.8 cm³/mol. The van der Waals surface area contributed by atoms with Gasteiger partial charge in [-0.15, -0.1) is 0 Å². The zero-order valence-corrected chi connectivity index (χ0v) is 7.50. The normalized spacial score (nSPS) is 9.93. The van der Waals surface area contributed by atoms with Crippen molar-refractivity contribution in [2.75, 3.05) is 7.05 Å². The van der Waals surface area contributed by atoms with Gasteiger partial charge in [0, 0.05) is 19.7 Å². The van der Waals surface area contributed by atoms with E-state index in [1.165, 1.54) is 7.05 Å². The van der Waals surface area contributed by atoms with Gasteiger partial charge >= 0.3 is 6.09 Å². The molecule has 0 heterocycles. The number of carbonyl (C=O) groups is 1. The summed E-state index contributed by atoms with van der Waals surface area (Å²) < 4.78 is 25.3. The molecule has 0 atom stereocenters. The Morgan fingerprint density at radius 3 is 2.29 bits per heavy atom. The van der Waals surface area contributed by atoms with Crippen LogP contribution in [0.15, 0.2) is 18.2 Å². The van der Waals surface area contributed by atoms with E-state index in [4.69, 9.17) is 5.11 Å². The summed E-state index contributed by atoms with van der Waals surface area (Å²) in [5.41, 5.74) is 0.285. The van der Waals surface area contributed by atoms with Crippen molar-refractivity contribution < 1.29 is 18.7 Å². The summed E-state index contributed by atoms with van der Waals surface area (Å²) in [4.78, 5) is 11.4. The Bertz CT molecular complexity index is 334. The van der Waals surface area contributed by atoms with Gasteiger partial charge < -0.3 is 10.0 Å². The van der Waals surface area contributed by atoms with Crippen LogP contribution < -0.4 is 0 Å². The molecule has 1 amide bonds. The van der Waals surface area contributed by atoms with E-state index in [1.54, 1.807) is 0 Å². The first-order valence-electron chi connectivity index (χ1n) is 3.88. The Hall–Kier alpha value is -1.65. The highest BCUT2D eigenvalue weighted by Gasteiger charge is 2.07. The van der Waals surface area contributed by atoms with Crippen LogP contribution in [0.1, 0.15) is 5.56 Å². The quantitative estimate of drug-likeness (QED) is 0.795. The smallest absolute Gasteiger partial charge is 0.407 e. The molecule has 0 saturated carbocycles. The van der Waals surface area contributed by atoms with E-state index in [9.17, 15) is 13.6 Å². The summed E-state index contributed by atoms with van der Waals surface area (Å²) in [7, 11) is 1.32. The third-order valence-corrected chi connectivity index (χ3v) is 1.67. The van der Waals surface area contributed by atoms with E-state index >= 15 is 0 Å². The molecule has 1 rings (SSSR count). The van der Waals surface area contributed by atoms with E-state index in [1.807, 2.05) is 0 Å². The maximum absolute atomic E-state index is 12.7. The second-order valence-electron chi connectivity index (χ2n) is 2.92. The molecule has 76 valence electrons. The molecule has 14 heavy (non-hydrogen) atoms. The molecular weight excluding hydrogens is 192 g/mol. The number of rotatable bonds is 2. The number of hydrogen-bond acceptors (Lipinski definition) is 1. The summed E-state index contributed by atoms with van der Waals surface area (Å²) >= 11 is 0. The van der Waals surface area contributed by atoms with Gasteiger partial charge in [-0.2, -0.15) is 0 Å². The molecule has 3 nitrogen and oxygen atoms in total. The number of nitrogens with zero attached hydrogens (tertiary/aromatic N) is 1. The Kier molecular flexibility index (Phi) is 3.01. The van der Waals surface area contributed by atoms with Crippen molar-refractivity contribution >= 4 is 6.09 Å². The predicted octanol–water partition coefficient (Wildman–Crippen LogP) is 2.07. The fourth-order valence-electron chi connectivity index (χ4n) is 1.04. The first-order chi connectivity index (χ1) is 6.49. The van der Waals surface area contributed by atoms with Gasteiger partial charge in [0.2, 0.25) is 0 Å². The second kappa shape index (κ2) is 4.04. The summed E-state index contributed by atoms with van der Waals surface area (Å²) in [6.45, 7) is -0.0377. The van der Waals surface area contributed by atoms with Crippen LogP contribution in [0.25, 0.3) is 0 Å². The Morgan fingerprint density at radius 2 is 1.86 bits per heavy atom. The van der Waals surface area contributed by atoms with Crippen LogP contribution in [-0.4, -0.2) is 23.1 Å². The van der Waals surface area contributed by atoms with E-state index in [0.29, 0.717) is 0 Å². The third kappa shape index (κ3) is 2.69. The molecule has 0 fully saturated rings. The van der Waals surface area contributed by atoms with Crippen molar-refractivity contribution in [2.24, 2.45) is 0 Å². The molecule has 0 bridgehead atoms. The summed E-state index contributed by atoms with van der Waals surface area (Å²) in [5.74, 6) is -1.42. The molecule has 0 radical (unpaired) electrons. The maximum atomic E-state index is 12.7. The SMILES string of the molecule is CN(Cc1cc(F)cc(F)c1)C(=O)O. The number of amides is 1.